The fourth-order valence-corrected chi connectivity index (χ4v) is 3.91. The fourth-order valence-electron chi connectivity index (χ4n) is 3.91. The molecule has 0 unspecified atom stereocenters. The number of amides is 1. The van der Waals surface area contributed by atoms with Crippen LogP contribution in [0, 0.1) is 17.1 Å². The maximum atomic E-state index is 13.7. The lowest BCUT2D eigenvalue weighted by atomic mass is 9.98. The Morgan fingerprint density at radius 3 is 2.81 bits per heavy atom. The number of rotatable bonds is 2. The topological polar surface area (TPSA) is 84.0 Å². The molecule has 0 aliphatic carbocycles. The third-order valence-corrected chi connectivity index (χ3v) is 5.20. The van der Waals surface area contributed by atoms with Crippen molar-refractivity contribution in [3.05, 3.63) is 46.8 Å². The van der Waals surface area contributed by atoms with E-state index in [2.05, 4.69) is 14.8 Å². The summed E-state index contributed by atoms with van der Waals surface area (Å²) < 4.78 is 21.3. The molecule has 1 amide bonds. The Morgan fingerprint density at radius 2 is 2.07 bits per heavy atom. The summed E-state index contributed by atoms with van der Waals surface area (Å²) in [5, 5.41) is 17.7. The lowest BCUT2D eigenvalue weighted by Gasteiger charge is -2.34. The van der Waals surface area contributed by atoms with Crippen LogP contribution in [-0.4, -0.2) is 45.3 Å². The quantitative estimate of drug-likeness (QED) is 0.812. The molecule has 140 valence electrons. The van der Waals surface area contributed by atoms with Crippen molar-refractivity contribution in [2.75, 3.05) is 19.8 Å². The predicted octanol–water partition coefficient (Wildman–Crippen LogP) is 2.40. The second-order valence-corrected chi connectivity index (χ2v) is 7.11. The first-order chi connectivity index (χ1) is 13.1. The van der Waals surface area contributed by atoms with E-state index in [4.69, 9.17) is 10.00 Å². The molecular weight excluding hydrogens is 349 g/mol. The average Bonchev–Trinajstić information content (AvgIpc) is 3.12. The standard InChI is InChI=1S/C19H20FN5O2/c1-12-10-24(19(26)15-6-13(9-21)7-16(20)8-15)11-17-22-23-18(25(12)17)14-2-4-27-5-3-14/h6-8,12,14H,2-5,10-11H2,1H3/t12-/m0/s1. The summed E-state index contributed by atoms with van der Waals surface area (Å²) in [5.41, 5.74) is 0.310. The van der Waals surface area contributed by atoms with E-state index >= 15 is 0 Å². The highest BCUT2D eigenvalue weighted by molar-refractivity contribution is 5.94. The van der Waals surface area contributed by atoms with E-state index in [-0.39, 0.29) is 23.1 Å². The van der Waals surface area contributed by atoms with Crippen molar-refractivity contribution in [3.63, 3.8) is 0 Å². The van der Waals surface area contributed by atoms with Gasteiger partial charge in [-0.1, -0.05) is 0 Å². The molecule has 2 aliphatic rings. The smallest absolute Gasteiger partial charge is 0.254 e. The third kappa shape index (κ3) is 3.30. The largest absolute Gasteiger partial charge is 0.381 e. The number of nitrogens with zero attached hydrogens (tertiary/aromatic N) is 5. The van der Waals surface area contributed by atoms with Crippen LogP contribution < -0.4 is 0 Å². The molecule has 8 heteroatoms. The predicted molar refractivity (Wildman–Crippen MR) is 93.4 cm³/mol. The highest BCUT2D eigenvalue weighted by Gasteiger charge is 2.32. The van der Waals surface area contributed by atoms with Gasteiger partial charge in [-0.3, -0.25) is 4.79 Å². The van der Waals surface area contributed by atoms with Crippen LogP contribution in [0.1, 0.15) is 59.3 Å². The van der Waals surface area contributed by atoms with Crippen molar-refractivity contribution >= 4 is 5.91 Å². The molecule has 1 aromatic heterocycles. The summed E-state index contributed by atoms with van der Waals surface area (Å²) in [7, 11) is 0. The van der Waals surface area contributed by atoms with Crippen LogP contribution in [0.2, 0.25) is 0 Å². The maximum absolute atomic E-state index is 13.7. The van der Waals surface area contributed by atoms with Crippen molar-refractivity contribution in [1.29, 1.82) is 5.26 Å². The minimum atomic E-state index is -0.590. The van der Waals surface area contributed by atoms with Crippen molar-refractivity contribution in [3.8, 4) is 6.07 Å². The molecule has 1 fully saturated rings. The number of ether oxygens (including phenoxy) is 1. The summed E-state index contributed by atoms with van der Waals surface area (Å²) in [6, 6.07) is 5.61. The van der Waals surface area contributed by atoms with Gasteiger partial charge in [-0.2, -0.15) is 5.26 Å². The van der Waals surface area contributed by atoms with Crippen molar-refractivity contribution < 1.29 is 13.9 Å². The van der Waals surface area contributed by atoms with Gasteiger partial charge in [0.1, 0.15) is 11.6 Å². The van der Waals surface area contributed by atoms with Gasteiger partial charge in [0.2, 0.25) is 0 Å². The van der Waals surface area contributed by atoms with E-state index in [9.17, 15) is 9.18 Å². The number of nitriles is 1. The summed E-state index contributed by atoms with van der Waals surface area (Å²) in [5.74, 6) is 1.13. The normalized spacial score (nSPS) is 20.2. The second-order valence-electron chi connectivity index (χ2n) is 7.11. The molecule has 7 nitrogen and oxygen atoms in total. The highest BCUT2D eigenvalue weighted by atomic mass is 19.1. The number of benzene rings is 1. The average molecular weight is 369 g/mol. The molecule has 0 N–H and O–H groups in total. The number of hydrogen-bond donors (Lipinski definition) is 0. The van der Waals surface area contributed by atoms with Crippen LogP contribution >= 0.6 is 0 Å². The number of aromatic nitrogens is 3. The van der Waals surface area contributed by atoms with E-state index < -0.39 is 5.82 Å². The first-order valence-electron chi connectivity index (χ1n) is 9.08. The maximum Gasteiger partial charge on any atom is 0.254 e. The minimum absolute atomic E-state index is 0.0227. The van der Waals surface area contributed by atoms with Crippen LogP contribution in [0.4, 0.5) is 4.39 Å². The lowest BCUT2D eigenvalue weighted by molar-refractivity contribution is 0.0668. The zero-order valence-corrected chi connectivity index (χ0v) is 15.1. The Hall–Kier alpha value is -2.79. The minimum Gasteiger partial charge on any atom is -0.381 e. The number of halogens is 1. The van der Waals surface area contributed by atoms with Crippen molar-refractivity contribution in [2.45, 2.75) is 38.3 Å². The van der Waals surface area contributed by atoms with Crippen molar-refractivity contribution in [2.24, 2.45) is 0 Å². The van der Waals surface area contributed by atoms with Gasteiger partial charge in [0.15, 0.2) is 5.82 Å². The molecular formula is C19H20FN5O2. The summed E-state index contributed by atoms with van der Waals surface area (Å²) in [6.45, 7) is 4.29. The van der Waals surface area contributed by atoms with E-state index in [1.165, 1.54) is 12.1 Å². The first-order valence-corrected chi connectivity index (χ1v) is 9.08. The second kappa shape index (κ2) is 7.08. The molecule has 27 heavy (non-hydrogen) atoms. The van der Waals surface area contributed by atoms with Gasteiger partial charge >= 0.3 is 0 Å². The van der Waals surface area contributed by atoms with Crippen LogP contribution in [0.5, 0.6) is 0 Å². The van der Waals surface area contributed by atoms with Gasteiger partial charge < -0.3 is 14.2 Å². The molecule has 1 aromatic carbocycles. The number of carbonyl (C=O) groups excluding carboxylic acids is 1. The monoisotopic (exact) mass is 369 g/mol. The lowest BCUT2D eigenvalue weighted by Crippen LogP contribution is -2.41. The number of fused-ring (bicyclic) bond motifs is 1. The Bertz CT molecular complexity index is 913. The van der Waals surface area contributed by atoms with Gasteiger partial charge in [-0.15, -0.1) is 10.2 Å². The molecule has 0 radical (unpaired) electrons. The third-order valence-electron chi connectivity index (χ3n) is 5.20. The first kappa shape index (κ1) is 17.6. The van der Waals surface area contributed by atoms with Gasteiger partial charge in [0.25, 0.3) is 5.91 Å². The number of hydrogen-bond acceptors (Lipinski definition) is 5. The Balaban J connectivity index is 1.59. The molecule has 2 aliphatic heterocycles. The molecule has 0 saturated carbocycles. The Kier molecular flexibility index (Phi) is 4.62. The van der Waals surface area contributed by atoms with E-state index in [1.54, 1.807) is 4.90 Å². The van der Waals surface area contributed by atoms with Gasteiger partial charge in [0.05, 0.1) is 24.2 Å². The van der Waals surface area contributed by atoms with Gasteiger partial charge in [0, 0.05) is 31.2 Å². The molecule has 2 aromatic rings. The number of carbonyl (C=O) groups is 1. The SMILES string of the molecule is C[C@H]1CN(C(=O)c2cc(F)cc(C#N)c2)Cc2nnc(C3CCOCC3)n21. The summed E-state index contributed by atoms with van der Waals surface area (Å²) >= 11 is 0. The van der Waals surface area contributed by atoms with E-state index in [0.717, 1.165) is 43.8 Å². The Labute approximate surface area is 156 Å². The summed E-state index contributed by atoms with van der Waals surface area (Å²) in [4.78, 5) is 14.5. The molecule has 0 bridgehead atoms. The van der Waals surface area contributed by atoms with E-state index in [1.807, 2.05) is 13.0 Å². The van der Waals surface area contributed by atoms with Crippen LogP contribution in [0.15, 0.2) is 18.2 Å². The highest BCUT2D eigenvalue weighted by Crippen LogP contribution is 2.31. The molecule has 1 saturated heterocycles. The van der Waals surface area contributed by atoms with Gasteiger partial charge in [-0.05, 0) is 38.0 Å². The Morgan fingerprint density at radius 1 is 1.30 bits per heavy atom. The molecule has 0 spiro atoms. The molecule has 1 atom stereocenters. The molecule has 4 rings (SSSR count). The molecule has 3 heterocycles. The fraction of sp³-hybridized carbons (Fsp3) is 0.474. The van der Waals surface area contributed by atoms with E-state index in [0.29, 0.717) is 19.0 Å². The van der Waals surface area contributed by atoms with Crippen LogP contribution in [0.25, 0.3) is 0 Å². The van der Waals surface area contributed by atoms with Crippen LogP contribution in [0.3, 0.4) is 0 Å². The zero-order chi connectivity index (χ0) is 19.0. The zero-order valence-electron chi connectivity index (χ0n) is 15.1. The van der Waals surface area contributed by atoms with Gasteiger partial charge in [-0.25, -0.2) is 4.39 Å². The summed E-state index contributed by atoms with van der Waals surface area (Å²) in [6.07, 6.45) is 1.85. The van der Waals surface area contributed by atoms with Crippen LogP contribution in [-0.2, 0) is 11.3 Å². The van der Waals surface area contributed by atoms with Crippen molar-refractivity contribution in [1.82, 2.24) is 19.7 Å².